The molecule has 0 radical (unpaired) electrons. The maximum absolute atomic E-state index is 11.5. The van der Waals surface area contributed by atoms with Crippen LogP contribution in [0.25, 0.3) is 10.4 Å². The van der Waals surface area contributed by atoms with Crippen molar-refractivity contribution in [3.8, 4) is 6.07 Å². The second-order valence-electron chi connectivity index (χ2n) is 3.81. The topological polar surface area (TPSA) is 130 Å². The van der Waals surface area contributed by atoms with Crippen molar-refractivity contribution < 1.29 is 15.0 Å². The van der Waals surface area contributed by atoms with Gasteiger partial charge in [0.05, 0.1) is 25.1 Å². The van der Waals surface area contributed by atoms with Gasteiger partial charge in [0.2, 0.25) is 0 Å². The van der Waals surface area contributed by atoms with Crippen molar-refractivity contribution in [3.63, 3.8) is 0 Å². The van der Waals surface area contributed by atoms with E-state index >= 15 is 0 Å². The van der Waals surface area contributed by atoms with E-state index in [2.05, 4.69) is 10.0 Å². The fourth-order valence-electron chi connectivity index (χ4n) is 1.51. The molecule has 0 saturated heterocycles. The Kier molecular flexibility index (Phi) is 5.51. The van der Waals surface area contributed by atoms with Crippen LogP contribution in [0.2, 0.25) is 0 Å². The molecule has 0 spiro atoms. The number of nitrogens with zero attached hydrogens (tertiary/aromatic N) is 4. The molecule has 0 aliphatic rings. The Bertz CT molecular complexity index is 546. The smallest absolute Gasteiger partial charge is 0.176 e. The number of carbonyl (C=O) groups excluding carboxylic acids is 1. The number of ketones is 1. The van der Waals surface area contributed by atoms with Gasteiger partial charge in [0.25, 0.3) is 0 Å². The van der Waals surface area contributed by atoms with Gasteiger partial charge in [-0.2, -0.15) is 5.26 Å². The molecular formula is C12H12N4O3. The number of aliphatic hydroxyl groups excluding tert-OH is 2. The van der Waals surface area contributed by atoms with Gasteiger partial charge in [0.15, 0.2) is 5.78 Å². The van der Waals surface area contributed by atoms with Crippen LogP contribution in [-0.2, 0) is 0 Å². The molecule has 0 fully saturated rings. The molecule has 2 unspecified atom stereocenters. The Hall–Kier alpha value is -2.39. The molecule has 98 valence electrons. The minimum Gasteiger partial charge on any atom is -0.390 e. The van der Waals surface area contributed by atoms with Crippen molar-refractivity contribution in [1.29, 1.82) is 5.26 Å². The predicted octanol–water partition coefficient (Wildman–Crippen LogP) is 1.49. The summed E-state index contributed by atoms with van der Waals surface area (Å²) in [6.45, 7) is -0.270. The number of nitriles is 1. The Morgan fingerprint density at radius 1 is 1.53 bits per heavy atom. The maximum atomic E-state index is 11.5. The molecule has 0 heterocycles. The number of azide groups is 1. The van der Waals surface area contributed by atoms with E-state index in [9.17, 15) is 15.0 Å². The highest BCUT2D eigenvalue weighted by molar-refractivity contribution is 5.97. The highest BCUT2D eigenvalue weighted by atomic mass is 16.3. The summed E-state index contributed by atoms with van der Waals surface area (Å²) in [4.78, 5) is 14.0. The first kappa shape index (κ1) is 14.7. The van der Waals surface area contributed by atoms with Gasteiger partial charge < -0.3 is 10.2 Å². The average molecular weight is 260 g/mol. The van der Waals surface area contributed by atoms with Gasteiger partial charge >= 0.3 is 0 Å². The minimum absolute atomic E-state index is 0.249. The van der Waals surface area contributed by atoms with Crippen LogP contribution in [0.5, 0.6) is 0 Å². The van der Waals surface area contributed by atoms with Crippen LogP contribution in [0.4, 0.5) is 0 Å². The molecule has 0 amide bonds. The van der Waals surface area contributed by atoms with Gasteiger partial charge in [-0.15, -0.1) is 0 Å². The van der Waals surface area contributed by atoms with Crippen molar-refractivity contribution >= 4 is 5.78 Å². The fraction of sp³-hybridized carbons (Fsp3) is 0.333. The van der Waals surface area contributed by atoms with Crippen LogP contribution in [0.1, 0.15) is 28.4 Å². The monoisotopic (exact) mass is 260 g/mol. The molecule has 1 rings (SSSR count). The van der Waals surface area contributed by atoms with Crippen LogP contribution in [0.3, 0.4) is 0 Å². The van der Waals surface area contributed by atoms with Crippen molar-refractivity contribution in [1.82, 2.24) is 0 Å². The first-order valence-electron chi connectivity index (χ1n) is 5.47. The van der Waals surface area contributed by atoms with E-state index in [1.165, 1.54) is 18.2 Å². The highest BCUT2D eigenvalue weighted by Gasteiger charge is 2.18. The lowest BCUT2D eigenvalue weighted by atomic mass is 9.99. The lowest BCUT2D eigenvalue weighted by Gasteiger charge is -2.16. The molecule has 7 nitrogen and oxygen atoms in total. The molecule has 19 heavy (non-hydrogen) atoms. The van der Waals surface area contributed by atoms with E-state index < -0.39 is 12.2 Å². The normalized spacial score (nSPS) is 12.9. The number of benzene rings is 1. The molecule has 2 atom stereocenters. The van der Waals surface area contributed by atoms with Gasteiger partial charge in [-0.1, -0.05) is 23.3 Å². The predicted molar refractivity (Wildman–Crippen MR) is 66.0 cm³/mol. The third-order valence-electron chi connectivity index (χ3n) is 2.49. The van der Waals surface area contributed by atoms with Crippen molar-refractivity contribution in [2.45, 2.75) is 18.6 Å². The second kappa shape index (κ2) is 7.13. The Morgan fingerprint density at radius 2 is 2.26 bits per heavy atom. The summed E-state index contributed by atoms with van der Waals surface area (Å²) in [6.07, 6.45) is -2.77. The van der Waals surface area contributed by atoms with Crippen LogP contribution >= 0.6 is 0 Å². The van der Waals surface area contributed by atoms with Crippen LogP contribution in [-0.4, -0.2) is 28.6 Å². The van der Waals surface area contributed by atoms with E-state index in [1.54, 1.807) is 12.1 Å². The van der Waals surface area contributed by atoms with E-state index in [4.69, 9.17) is 10.8 Å². The van der Waals surface area contributed by atoms with E-state index in [0.717, 1.165) is 0 Å². The lowest BCUT2D eigenvalue weighted by Crippen LogP contribution is -2.21. The van der Waals surface area contributed by atoms with Gasteiger partial charge in [0, 0.05) is 10.5 Å². The highest BCUT2D eigenvalue weighted by Crippen LogP contribution is 2.19. The summed E-state index contributed by atoms with van der Waals surface area (Å²) in [6, 6.07) is 7.76. The summed E-state index contributed by atoms with van der Waals surface area (Å²) >= 11 is 0. The summed E-state index contributed by atoms with van der Waals surface area (Å²) in [7, 11) is 0. The molecule has 0 aromatic heterocycles. The van der Waals surface area contributed by atoms with Crippen LogP contribution < -0.4 is 0 Å². The molecule has 1 aromatic rings. The zero-order valence-corrected chi connectivity index (χ0v) is 9.97. The molecule has 2 N–H and O–H groups in total. The molecule has 7 heteroatoms. The molecule has 0 aliphatic carbocycles. The largest absolute Gasteiger partial charge is 0.390 e. The zero-order chi connectivity index (χ0) is 14.3. The fourth-order valence-corrected chi connectivity index (χ4v) is 1.51. The van der Waals surface area contributed by atoms with Crippen molar-refractivity contribution in [2.75, 3.05) is 6.54 Å². The van der Waals surface area contributed by atoms with E-state index in [1.807, 2.05) is 0 Å². The second-order valence-corrected chi connectivity index (χ2v) is 3.81. The minimum atomic E-state index is -1.26. The third kappa shape index (κ3) is 4.08. The Labute approximate surface area is 109 Å². The molecule has 0 bridgehead atoms. The molecule has 1 aromatic carbocycles. The van der Waals surface area contributed by atoms with E-state index in [-0.39, 0.29) is 24.3 Å². The quantitative estimate of drug-likeness (QED) is 0.347. The summed E-state index contributed by atoms with van der Waals surface area (Å²) in [5, 5.41) is 31.0. The standard InChI is InChI=1S/C12H12N4O3/c13-5-4-10(17)8-2-1-3-9(6-8)12(19)11(18)7-15-16-14/h1-3,6,11-12,18-19H,4,7H2. The third-order valence-corrected chi connectivity index (χ3v) is 2.49. The Balaban J connectivity index is 2.89. The molecule has 0 aliphatic heterocycles. The zero-order valence-electron chi connectivity index (χ0n) is 9.97. The SMILES string of the molecule is N#CCC(=O)c1cccc(C(O)C(O)CN=[N+]=[N-])c1. The first-order chi connectivity index (χ1) is 9.10. The maximum Gasteiger partial charge on any atom is 0.176 e. The average Bonchev–Trinajstić information content (AvgIpc) is 2.44. The number of hydrogen-bond acceptors (Lipinski definition) is 5. The van der Waals surface area contributed by atoms with Gasteiger partial charge in [-0.25, -0.2) is 0 Å². The molecule has 0 saturated carbocycles. The van der Waals surface area contributed by atoms with Crippen LogP contribution in [0, 0.1) is 11.3 Å². The van der Waals surface area contributed by atoms with Gasteiger partial charge in [0.1, 0.15) is 6.10 Å². The lowest BCUT2D eigenvalue weighted by molar-refractivity contribution is 0.0244. The van der Waals surface area contributed by atoms with Gasteiger partial charge in [-0.05, 0) is 17.2 Å². The first-order valence-corrected chi connectivity index (χ1v) is 5.47. The summed E-state index contributed by atoms with van der Waals surface area (Å²) in [5.74, 6) is -0.360. The van der Waals surface area contributed by atoms with E-state index in [0.29, 0.717) is 5.56 Å². The number of aliphatic hydroxyl groups is 2. The number of Topliss-reactive ketones (excluding diaryl/α,β-unsaturated/α-hetero) is 1. The van der Waals surface area contributed by atoms with Crippen LogP contribution in [0.15, 0.2) is 29.4 Å². The van der Waals surface area contributed by atoms with Gasteiger partial charge in [-0.3, -0.25) is 4.79 Å². The Morgan fingerprint density at radius 3 is 2.89 bits per heavy atom. The molecular weight excluding hydrogens is 248 g/mol. The van der Waals surface area contributed by atoms with Crippen molar-refractivity contribution in [2.24, 2.45) is 5.11 Å². The number of hydrogen-bond donors (Lipinski definition) is 2. The number of carbonyl (C=O) groups is 1. The summed E-state index contributed by atoms with van der Waals surface area (Å²) < 4.78 is 0. The number of rotatable bonds is 6. The van der Waals surface area contributed by atoms with Crippen molar-refractivity contribution in [3.05, 3.63) is 45.8 Å². The summed E-state index contributed by atoms with van der Waals surface area (Å²) in [5.41, 5.74) is 8.74.